The first kappa shape index (κ1) is 15.7. The molecule has 0 aliphatic carbocycles. The van der Waals surface area contributed by atoms with Crippen LogP contribution in [-0.4, -0.2) is 20.1 Å². The van der Waals surface area contributed by atoms with Crippen molar-refractivity contribution in [2.75, 3.05) is 20.1 Å². The Morgan fingerprint density at radius 3 is 1.57 bits per heavy atom. The zero-order valence-electron chi connectivity index (χ0n) is 4.41. The average Bonchev–Trinajstić information content (AvgIpc) is 1.38. The number of hydrogen-bond acceptors (Lipinski definition) is 0. The van der Waals surface area contributed by atoms with E-state index in [0.717, 1.165) is 0 Å². The fraction of sp³-hybridized carbons (Fsp3) is 1.00. The van der Waals surface area contributed by atoms with Crippen LogP contribution >= 0.6 is 11.6 Å². The number of rotatable bonds is 1. The maximum atomic E-state index is 5.30. The molecule has 1 radical (unpaired) electrons. The summed E-state index contributed by atoms with van der Waals surface area (Å²) in [4.78, 5) is 1.27. The van der Waals surface area contributed by atoms with Gasteiger partial charge in [-0.15, -0.1) is 0 Å². The van der Waals surface area contributed by atoms with Crippen molar-refractivity contribution in [2.24, 2.45) is 0 Å². The first-order valence-corrected chi connectivity index (χ1v) is 2.16. The van der Waals surface area contributed by atoms with E-state index in [1.807, 2.05) is 14.1 Å². The van der Waals surface area contributed by atoms with Gasteiger partial charge in [0.05, 0.1) is 14.1 Å². The van der Waals surface area contributed by atoms with E-state index < -0.39 is 0 Å². The summed E-state index contributed by atoms with van der Waals surface area (Å²) in [5.41, 5.74) is 0. The Hall–Kier alpha value is 1.28. The number of hydrogen-bond donors (Lipinski definition) is 1. The molecule has 0 bridgehead atoms. The summed E-state index contributed by atoms with van der Waals surface area (Å²) < 4.78 is 0. The zero-order valence-corrected chi connectivity index (χ0v) is 8.12. The number of alkyl halides is 1. The van der Waals surface area contributed by atoms with Gasteiger partial charge in [0.25, 0.3) is 0 Å². The van der Waals surface area contributed by atoms with E-state index in [-0.39, 0.29) is 34.8 Å². The van der Waals surface area contributed by atoms with Crippen LogP contribution < -0.4 is 17.3 Å². The van der Waals surface area contributed by atoms with Crippen LogP contribution in [0.1, 0.15) is 0 Å². The third-order valence-electron chi connectivity index (χ3n) is 0.267. The van der Waals surface area contributed by atoms with Crippen molar-refractivity contribution < 1.29 is 39.7 Å². The van der Waals surface area contributed by atoms with Gasteiger partial charge >= 0.3 is 0 Å². The molecular formula is C3H9Cl2NNb. The second-order valence-corrected chi connectivity index (χ2v) is 1.61. The van der Waals surface area contributed by atoms with Crippen LogP contribution in [0.25, 0.3) is 0 Å². The number of halogens is 2. The van der Waals surface area contributed by atoms with Crippen LogP contribution in [0.4, 0.5) is 0 Å². The van der Waals surface area contributed by atoms with Gasteiger partial charge in [0.2, 0.25) is 0 Å². The van der Waals surface area contributed by atoms with Crippen LogP contribution in [0.5, 0.6) is 0 Å². The zero-order chi connectivity index (χ0) is 4.28. The van der Waals surface area contributed by atoms with E-state index >= 15 is 0 Å². The van der Waals surface area contributed by atoms with E-state index in [1.54, 1.807) is 0 Å². The van der Waals surface area contributed by atoms with Crippen LogP contribution in [0.3, 0.4) is 0 Å². The first-order valence-electron chi connectivity index (χ1n) is 1.62. The van der Waals surface area contributed by atoms with Crippen LogP contribution in [0, 0.1) is 0 Å². The maximum absolute atomic E-state index is 5.30. The van der Waals surface area contributed by atoms with Crippen LogP contribution in [0.15, 0.2) is 0 Å². The Balaban J connectivity index is -0.0000000800. The van der Waals surface area contributed by atoms with Gasteiger partial charge in [-0.3, -0.25) is 0 Å². The predicted molar refractivity (Wildman–Crippen MR) is 23.5 cm³/mol. The molecular weight excluding hydrogens is 214 g/mol. The second kappa shape index (κ2) is 10.3. The molecule has 45 valence electrons. The molecule has 0 saturated heterocycles. The fourth-order valence-electron chi connectivity index (χ4n) is 0. The summed E-state index contributed by atoms with van der Waals surface area (Å²) in [7, 11) is 4.01. The summed E-state index contributed by atoms with van der Waals surface area (Å²) in [6.45, 7) is 0. The van der Waals surface area contributed by atoms with Crippen molar-refractivity contribution in [3.63, 3.8) is 0 Å². The summed E-state index contributed by atoms with van der Waals surface area (Å²) >= 11 is 5.30. The normalized spacial score (nSPS) is 6.86. The van der Waals surface area contributed by atoms with Gasteiger partial charge in [-0.05, 0) is 0 Å². The first-order chi connectivity index (χ1) is 2.27. The Bertz CT molecular complexity index is 26.9. The second-order valence-electron chi connectivity index (χ2n) is 1.34. The largest absolute Gasteiger partial charge is 1.00 e. The molecule has 1 N–H and O–H groups in total. The molecule has 0 spiro atoms. The monoisotopic (exact) mass is 222 g/mol. The van der Waals surface area contributed by atoms with E-state index in [2.05, 4.69) is 0 Å². The number of nitrogens with one attached hydrogen (secondary N) is 1. The maximum Gasteiger partial charge on any atom is 0.152 e. The van der Waals surface area contributed by atoms with Crippen LogP contribution in [0.2, 0.25) is 0 Å². The van der Waals surface area contributed by atoms with Gasteiger partial charge in [0.1, 0.15) is 0 Å². The van der Waals surface area contributed by atoms with Crippen molar-refractivity contribution in [1.29, 1.82) is 0 Å². The molecule has 0 aliphatic rings. The molecule has 0 rings (SSSR count). The Morgan fingerprint density at radius 1 is 1.43 bits per heavy atom. The van der Waals surface area contributed by atoms with E-state index in [9.17, 15) is 0 Å². The van der Waals surface area contributed by atoms with Gasteiger partial charge in [0.15, 0.2) is 6.00 Å². The Labute approximate surface area is 71.3 Å². The summed E-state index contributed by atoms with van der Waals surface area (Å²) in [6, 6.07) is 0.694. The topological polar surface area (TPSA) is 4.44 Å². The molecule has 0 aromatic rings. The molecule has 0 fully saturated rings. The van der Waals surface area contributed by atoms with Crippen molar-refractivity contribution in [3.8, 4) is 0 Å². The molecule has 0 unspecified atom stereocenters. The minimum Gasteiger partial charge on any atom is -1.00 e. The van der Waals surface area contributed by atoms with Crippen molar-refractivity contribution in [1.82, 2.24) is 0 Å². The van der Waals surface area contributed by atoms with Gasteiger partial charge < -0.3 is 17.3 Å². The molecule has 0 aliphatic heterocycles. The van der Waals surface area contributed by atoms with Crippen LogP contribution in [-0.2, 0) is 22.4 Å². The predicted octanol–water partition coefficient (Wildman–Crippen LogP) is -3.67. The standard InChI is InChI=1S/C3H8ClN.ClH.Nb/c1-5(2)3-4;;/h3H2,1-2H3;1H;. The molecule has 0 heterocycles. The Kier molecular flexibility index (Phi) is 23.2. The fourth-order valence-corrected chi connectivity index (χ4v) is 0. The minimum absolute atomic E-state index is 0. The third kappa shape index (κ3) is 18.9. The van der Waals surface area contributed by atoms with Gasteiger partial charge in [0, 0.05) is 22.4 Å². The van der Waals surface area contributed by atoms with E-state index in [4.69, 9.17) is 11.6 Å². The minimum atomic E-state index is 0. The molecule has 7 heavy (non-hydrogen) atoms. The number of quaternary nitrogens is 1. The van der Waals surface area contributed by atoms with Crippen molar-refractivity contribution >= 4 is 11.6 Å². The van der Waals surface area contributed by atoms with E-state index in [0.29, 0.717) is 6.00 Å². The molecule has 4 heteroatoms. The van der Waals surface area contributed by atoms with Crippen molar-refractivity contribution in [3.05, 3.63) is 0 Å². The smallest absolute Gasteiger partial charge is 0.152 e. The van der Waals surface area contributed by atoms with E-state index in [1.165, 1.54) is 4.90 Å². The average molecular weight is 223 g/mol. The molecule has 0 amide bonds. The molecule has 1 nitrogen and oxygen atoms in total. The summed E-state index contributed by atoms with van der Waals surface area (Å²) in [6.07, 6.45) is 0. The van der Waals surface area contributed by atoms with Crippen molar-refractivity contribution in [2.45, 2.75) is 0 Å². The molecule has 0 aromatic carbocycles. The van der Waals surface area contributed by atoms with Gasteiger partial charge in [-0.2, -0.15) is 0 Å². The Morgan fingerprint density at radius 2 is 1.57 bits per heavy atom. The summed E-state index contributed by atoms with van der Waals surface area (Å²) in [5.74, 6) is 0. The molecule has 0 saturated carbocycles. The third-order valence-corrected chi connectivity index (χ3v) is 0.802. The summed E-state index contributed by atoms with van der Waals surface area (Å²) in [5, 5.41) is 0. The SMILES string of the molecule is C[NH+](C)CCl.[Cl-].[Nb]. The molecule has 0 atom stereocenters. The van der Waals surface area contributed by atoms with Gasteiger partial charge in [-0.1, -0.05) is 11.6 Å². The molecule has 0 aromatic heterocycles. The quantitative estimate of drug-likeness (QED) is 0.265. The van der Waals surface area contributed by atoms with Gasteiger partial charge in [-0.25, -0.2) is 0 Å².